The van der Waals surface area contributed by atoms with Crippen LogP contribution in [0.1, 0.15) is 0 Å². The SMILES string of the molecule is c1ccc(S(c2ccccc2)(c2ccc3oc4ccccc4c3c2)c2nc(-n3c4ccccc4c4ccccc43)nc(-n3c4ccccc4n4c5ccccc5nc34)n2)cc1. The van der Waals surface area contributed by atoms with Crippen molar-refractivity contribution in [2.24, 2.45) is 0 Å². The van der Waals surface area contributed by atoms with E-state index in [1.54, 1.807) is 0 Å². The molecule has 0 amide bonds. The van der Waals surface area contributed by atoms with Crippen LogP contribution in [0.15, 0.2) is 224 Å². The first kappa shape index (κ1) is 33.9. The number of hydrogen-bond acceptors (Lipinski definition) is 5. The predicted molar refractivity (Wildman–Crippen MR) is 245 cm³/mol. The molecule has 13 rings (SSSR count). The first-order valence-electron chi connectivity index (χ1n) is 20.2. The van der Waals surface area contributed by atoms with Crippen molar-refractivity contribution in [3.8, 4) is 11.9 Å². The third kappa shape index (κ3) is 4.83. The van der Waals surface area contributed by atoms with Gasteiger partial charge in [-0.15, -0.1) is 0 Å². The monoisotopic (exact) mass is 803 g/mol. The molecule has 0 unspecified atom stereocenters. The lowest BCUT2D eigenvalue weighted by Crippen LogP contribution is -2.16. The molecule has 0 N–H and O–H groups in total. The predicted octanol–water partition coefficient (Wildman–Crippen LogP) is 13.0. The van der Waals surface area contributed by atoms with Crippen molar-refractivity contribution in [2.75, 3.05) is 0 Å². The Balaban J connectivity index is 1.23. The molecule has 0 atom stereocenters. The van der Waals surface area contributed by atoms with E-state index in [-0.39, 0.29) is 0 Å². The number of furan rings is 1. The summed E-state index contributed by atoms with van der Waals surface area (Å²) in [6, 6.07) is 69.9. The van der Waals surface area contributed by atoms with Gasteiger partial charge in [0.1, 0.15) is 11.2 Å². The molecule has 5 aromatic heterocycles. The van der Waals surface area contributed by atoms with E-state index in [1.165, 1.54) is 0 Å². The average Bonchev–Trinajstić information content (AvgIpc) is 4.07. The summed E-state index contributed by atoms with van der Waals surface area (Å²) in [6.07, 6.45) is 0. The van der Waals surface area contributed by atoms with Crippen LogP contribution in [0.2, 0.25) is 0 Å². The van der Waals surface area contributed by atoms with Crippen LogP contribution >= 0.6 is 10.0 Å². The number of benzene rings is 8. The number of aromatic nitrogens is 7. The normalized spacial score (nSPS) is 12.5. The van der Waals surface area contributed by atoms with Gasteiger partial charge in [0, 0.05) is 36.2 Å². The molecule has 5 heterocycles. The summed E-state index contributed by atoms with van der Waals surface area (Å²) in [4.78, 5) is 25.5. The molecule has 61 heavy (non-hydrogen) atoms. The van der Waals surface area contributed by atoms with Gasteiger partial charge in [0.25, 0.3) is 0 Å². The first-order valence-corrected chi connectivity index (χ1v) is 21.9. The Labute approximate surface area is 349 Å². The summed E-state index contributed by atoms with van der Waals surface area (Å²) < 4.78 is 12.9. The van der Waals surface area contributed by atoms with Gasteiger partial charge in [0.05, 0.1) is 33.1 Å². The highest BCUT2D eigenvalue weighted by Gasteiger charge is 2.38. The van der Waals surface area contributed by atoms with Crippen LogP contribution in [0.4, 0.5) is 0 Å². The van der Waals surface area contributed by atoms with Crippen LogP contribution in [-0.2, 0) is 0 Å². The molecule has 0 aliphatic heterocycles. The highest BCUT2D eigenvalue weighted by molar-refractivity contribution is 8.33. The van der Waals surface area contributed by atoms with E-state index in [4.69, 9.17) is 24.4 Å². The Morgan fingerprint density at radius 2 is 0.885 bits per heavy atom. The summed E-state index contributed by atoms with van der Waals surface area (Å²) in [6.45, 7) is 0. The lowest BCUT2D eigenvalue weighted by atomic mass is 10.1. The number of rotatable bonds is 6. The highest BCUT2D eigenvalue weighted by Crippen LogP contribution is 2.72. The van der Waals surface area contributed by atoms with Gasteiger partial charge in [-0.2, -0.15) is 15.0 Å². The van der Waals surface area contributed by atoms with Gasteiger partial charge < -0.3 is 4.42 Å². The quantitative estimate of drug-likeness (QED) is 0.167. The highest BCUT2D eigenvalue weighted by atomic mass is 32.3. The Morgan fingerprint density at radius 1 is 0.361 bits per heavy atom. The van der Waals surface area contributed by atoms with Crippen LogP contribution in [-0.4, -0.2) is 33.5 Å². The summed E-state index contributed by atoms with van der Waals surface area (Å²) in [7, 11) is -2.47. The van der Waals surface area contributed by atoms with Crippen molar-refractivity contribution in [3.63, 3.8) is 0 Å². The van der Waals surface area contributed by atoms with Gasteiger partial charge in [-0.1, -0.05) is 125 Å². The van der Waals surface area contributed by atoms with Gasteiger partial charge in [-0.3, -0.25) is 8.97 Å². The number of imidazole rings is 2. The van der Waals surface area contributed by atoms with Crippen LogP contribution < -0.4 is 0 Å². The van der Waals surface area contributed by atoms with Crippen molar-refractivity contribution < 1.29 is 4.42 Å². The molecule has 0 aliphatic carbocycles. The summed E-state index contributed by atoms with van der Waals surface area (Å²) in [5, 5.41) is 4.99. The van der Waals surface area contributed by atoms with Crippen LogP contribution in [0, 0.1) is 0 Å². The molecule has 0 radical (unpaired) electrons. The van der Waals surface area contributed by atoms with Gasteiger partial charge in [0.2, 0.25) is 17.7 Å². The second-order valence-electron chi connectivity index (χ2n) is 15.1. The van der Waals surface area contributed by atoms with Gasteiger partial charge in [-0.05, 0) is 84.9 Å². The van der Waals surface area contributed by atoms with Crippen molar-refractivity contribution in [1.29, 1.82) is 0 Å². The van der Waals surface area contributed by atoms with Gasteiger partial charge >= 0.3 is 0 Å². The minimum atomic E-state index is -2.47. The lowest BCUT2D eigenvalue weighted by Gasteiger charge is -2.39. The van der Waals surface area contributed by atoms with Gasteiger partial charge in [0.15, 0.2) is 5.16 Å². The van der Waals surface area contributed by atoms with Crippen LogP contribution in [0.5, 0.6) is 0 Å². The minimum absolute atomic E-state index is 0.474. The van der Waals surface area contributed by atoms with E-state index in [1.807, 2.05) is 18.2 Å². The van der Waals surface area contributed by atoms with Crippen LogP contribution in [0.25, 0.3) is 83.5 Å². The summed E-state index contributed by atoms with van der Waals surface area (Å²) >= 11 is 0. The first-order chi connectivity index (χ1) is 30.3. The number of nitrogens with zero attached hydrogens (tertiary/aromatic N) is 7. The molecule has 8 nitrogen and oxygen atoms in total. The van der Waals surface area contributed by atoms with E-state index in [9.17, 15) is 0 Å². The smallest absolute Gasteiger partial charge is 0.242 e. The molecule has 0 saturated heterocycles. The Hall–Kier alpha value is -8.01. The molecule has 9 heteroatoms. The molecule has 0 spiro atoms. The average molecular weight is 804 g/mol. The molecular formula is C52H33N7OS. The van der Waals surface area contributed by atoms with E-state index in [2.05, 4.69) is 196 Å². The third-order valence-corrected chi connectivity index (χ3v) is 15.5. The molecule has 288 valence electrons. The number of fused-ring (bicyclic) bond motifs is 11. The largest absolute Gasteiger partial charge is 0.456 e. The summed E-state index contributed by atoms with van der Waals surface area (Å²) in [5.74, 6) is 1.71. The van der Waals surface area contributed by atoms with Crippen molar-refractivity contribution >= 4 is 81.6 Å². The fourth-order valence-electron chi connectivity index (χ4n) is 9.23. The zero-order valence-corrected chi connectivity index (χ0v) is 33.3. The molecular weight excluding hydrogens is 771 g/mol. The maximum Gasteiger partial charge on any atom is 0.242 e. The van der Waals surface area contributed by atoms with Crippen molar-refractivity contribution in [3.05, 3.63) is 200 Å². The minimum Gasteiger partial charge on any atom is -0.456 e. The van der Waals surface area contributed by atoms with E-state index in [0.717, 1.165) is 86.3 Å². The molecule has 0 fully saturated rings. The Morgan fingerprint density at radius 3 is 1.57 bits per heavy atom. The molecule has 8 aromatic carbocycles. The lowest BCUT2D eigenvalue weighted by molar-refractivity contribution is 0.668. The number of para-hydroxylation sites is 7. The van der Waals surface area contributed by atoms with E-state index < -0.39 is 10.0 Å². The zero-order chi connectivity index (χ0) is 40.1. The molecule has 0 saturated carbocycles. The maximum absolute atomic E-state index is 6.41. The topological polar surface area (TPSA) is 79.0 Å². The number of hydrogen-bond donors (Lipinski definition) is 0. The van der Waals surface area contributed by atoms with Gasteiger partial charge in [-0.25, -0.2) is 9.55 Å². The third-order valence-electron chi connectivity index (χ3n) is 11.8. The molecule has 0 bridgehead atoms. The van der Waals surface area contributed by atoms with E-state index >= 15 is 0 Å². The Bertz CT molecular complexity index is 3750. The second kappa shape index (κ2) is 13.0. The standard InChI is InChI=1S/C52H33N7OS/c1-3-17-34(18-4-1)61(35-19-5-2-6-20-35,36-31-32-48-40(33-36)39-23-9-16-30-47(39)60-48)51-55-49(57-42-25-11-7-21-37(42)38-22-8-12-26-43(38)57)54-50(56-51)59-46-29-15-14-28-45(46)58-44-27-13-10-24-41(44)53-52(58)59/h1-33H. The van der Waals surface area contributed by atoms with E-state index in [0.29, 0.717) is 17.1 Å². The van der Waals surface area contributed by atoms with Crippen molar-refractivity contribution in [1.82, 2.24) is 33.5 Å². The van der Waals surface area contributed by atoms with Crippen molar-refractivity contribution in [2.45, 2.75) is 19.8 Å². The second-order valence-corrected chi connectivity index (χ2v) is 18.1. The molecule has 0 aliphatic rings. The molecule has 13 aromatic rings. The maximum atomic E-state index is 6.41. The fourth-order valence-corrected chi connectivity index (χ4v) is 12.8. The Kier molecular flexibility index (Phi) is 7.22. The fraction of sp³-hybridized carbons (Fsp3) is 0. The van der Waals surface area contributed by atoms with Crippen LogP contribution in [0.3, 0.4) is 0 Å². The summed E-state index contributed by atoms with van der Waals surface area (Å²) in [5.41, 5.74) is 7.54. The zero-order valence-electron chi connectivity index (χ0n) is 32.5.